The molecule has 0 atom stereocenters. The maximum Gasteiger partial charge on any atom is 0.237 e. The van der Waals surface area contributed by atoms with E-state index in [9.17, 15) is 9.90 Å². The van der Waals surface area contributed by atoms with Gasteiger partial charge in [-0.2, -0.15) is 0 Å². The van der Waals surface area contributed by atoms with E-state index in [0.717, 1.165) is 19.5 Å². The highest BCUT2D eigenvalue weighted by atomic mass is 32.1. The number of rotatable bonds is 2. The molecule has 3 heterocycles. The Labute approximate surface area is 104 Å². The molecule has 5 heteroatoms. The number of hydrogen-bond donors (Lipinski definition) is 1. The SMILES string of the molecule is O=C(CN1CC(O)C1)N1CCc2sccc2C1. The first-order chi connectivity index (χ1) is 8.22. The third-order valence-electron chi connectivity index (χ3n) is 3.46. The molecule has 0 unspecified atom stereocenters. The summed E-state index contributed by atoms with van der Waals surface area (Å²) in [6.45, 7) is 3.33. The number of β-amino-alcohol motifs (C(OH)–C–C–N with tert-alkyl or cyclic N) is 1. The van der Waals surface area contributed by atoms with Crippen LogP contribution in [0.25, 0.3) is 0 Å². The fourth-order valence-electron chi connectivity index (χ4n) is 2.42. The summed E-state index contributed by atoms with van der Waals surface area (Å²) < 4.78 is 0. The molecule has 1 saturated heterocycles. The zero-order valence-electron chi connectivity index (χ0n) is 9.63. The van der Waals surface area contributed by atoms with Gasteiger partial charge >= 0.3 is 0 Å². The third kappa shape index (κ3) is 2.22. The van der Waals surface area contributed by atoms with Gasteiger partial charge in [0.1, 0.15) is 0 Å². The Balaban J connectivity index is 1.57. The lowest BCUT2D eigenvalue weighted by Crippen LogP contribution is -2.54. The second-order valence-corrected chi connectivity index (χ2v) is 5.78. The number of thiophene rings is 1. The largest absolute Gasteiger partial charge is 0.390 e. The van der Waals surface area contributed by atoms with Gasteiger partial charge in [0.05, 0.1) is 12.6 Å². The lowest BCUT2D eigenvalue weighted by atomic mass is 10.1. The normalized spacial score (nSPS) is 21.1. The zero-order chi connectivity index (χ0) is 11.8. The van der Waals surface area contributed by atoms with E-state index in [-0.39, 0.29) is 12.0 Å². The Bertz CT molecular complexity index is 426. The molecule has 1 aromatic rings. The lowest BCUT2D eigenvalue weighted by molar-refractivity contribution is -0.136. The van der Waals surface area contributed by atoms with Crippen LogP contribution in [0.4, 0.5) is 0 Å². The molecule has 2 aliphatic heterocycles. The number of carbonyl (C=O) groups is 1. The van der Waals surface area contributed by atoms with Gasteiger partial charge < -0.3 is 10.0 Å². The first kappa shape index (κ1) is 11.2. The average molecular weight is 252 g/mol. The quantitative estimate of drug-likeness (QED) is 0.824. The molecule has 17 heavy (non-hydrogen) atoms. The average Bonchev–Trinajstić information content (AvgIpc) is 2.73. The van der Waals surface area contributed by atoms with Crippen LogP contribution in [0.2, 0.25) is 0 Å². The van der Waals surface area contributed by atoms with E-state index in [0.29, 0.717) is 19.6 Å². The molecular weight excluding hydrogens is 236 g/mol. The number of aliphatic hydroxyl groups excluding tert-OH is 1. The van der Waals surface area contributed by atoms with Gasteiger partial charge in [-0.05, 0) is 23.4 Å². The standard InChI is InChI=1S/C12H16N2O2S/c15-10-6-13(7-10)8-12(16)14-3-1-11-9(5-14)2-4-17-11/h2,4,10,15H,1,3,5-8H2. The van der Waals surface area contributed by atoms with E-state index in [1.807, 2.05) is 9.80 Å². The first-order valence-corrected chi connectivity index (χ1v) is 6.84. The molecule has 1 fully saturated rings. The highest BCUT2D eigenvalue weighted by Crippen LogP contribution is 2.24. The van der Waals surface area contributed by atoms with E-state index in [1.165, 1.54) is 10.4 Å². The van der Waals surface area contributed by atoms with Gasteiger partial charge in [-0.25, -0.2) is 0 Å². The van der Waals surface area contributed by atoms with Crippen LogP contribution in [0.15, 0.2) is 11.4 Å². The Kier molecular flexibility index (Phi) is 2.90. The smallest absolute Gasteiger partial charge is 0.237 e. The Morgan fingerprint density at radius 1 is 1.53 bits per heavy atom. The topological polar surface area (TPSA) is 43.8 Å². The minimum atomic E-state index is -0.229. The van der Waals surface area contributed by atoms with Crippen molar-refractivity contribution in [2.45, 2.75) is 19.1 Å². The van der Waals surface area contributed by atoms with E-state index in [1.54, 1.807) is 11.3 Å². The summed E-state index contributed by atoms with van der Waals surface area (Å²) in [6.07, 6.45) is 0.758. The molecule has 0 spiro atoms. The first-order valence-electron chi connectivity index (χ1n) is 5.96. The maximum atomic E-state index is 12.0. The van der Waals surface area contributed by atoms with Gasteiger partial charge in [0, 0.05) is 31.1 Å². The minimum Gasteiger partial charge on any atom is -0.390 e. The van der Waals surface area contributed by atoms with Crippen LogP contribution >= 0.6 is 11.3 Å². The van der Waals surface area contributed by atoms with E-state index in [4.69, 9.17) is 0 Å². The van der Waals surface area contributed by atoms with Crippen LogP contribution in [0.1, 0.15) is 10.4 Å². The molecule has 0 radical (unpaired) electrons. The molecular formula is C12H16N2O2S. The van der Waals surface area contributed by atoms with Crippen molar-refractivity contribution in [2.24, 2.45) is 0 Å². The molecule has 1 aromatic heterocycles. The van der Waals surface area contributed by atoms with Crippen molar-refractivity contribution in [3.05, 3.63) is 21.9 Å². The van der Waals surface area contributed by atoms with Gasteiger partial charge in [0.25, 0.3) is 0 Å². The van der Waals surface area contributed by atoms with E-state index >= 15 is 0 Å². The van der Waals surface area contributed by atoms with E-state index in [2.05, 4.69) is 11.4 Å². The number of nitrogens with zero attached hydrogens (tertiary/aromatic N) is 2. The molecule has 1 N–H and O–H groups in total. The van der Waals surface area contributed by atoms with Crippen LogP contribution in [-0.4, -0.2) is 53.1 Å². The number of hydrogen-bond acceptors (Lipinski definition) is 4. The minimum absolute atomic E-state index is 0.189. The van der Waals surface area contributed by atoms with Gasteiger partial charge in [0.15, 0.2) is 0 Å². The van der Waals surface area contributed by atoms with Gasteiger partial charge in [0.2, 0.25) is 5.91 Å². The Hall–Kier alpha value is -0.910. The summed E-state index contributed by atoms with van der Waals surface area (Å²) >= 11 is 1.79. The van der Waals surface area contributed by atoms with E-state index < -0.39 is 0 Å². The van der Waals surface area contributed by atoms with Gasteiger partial charge in [-0.1, -0.05) is 0 Å². The molecule has 0 aromatic carbocycles. The van der Waals surface area contributed by atoms with Crippen molar-refractivity contribution in [1.29, 1.82) is 0 Å². The number of carbonyl (C=O) groups excluding carboxylic acids is 1. The van der Waals surface area contributed by atoms with Crippen LogP contribution in [-0.2, 0) is 17.8 Å². The predicted octanol–water partition coefficient (Wildman–Crippen LogP) is 0.309. The summed E-state index contributed by atoms with van der Waals surface area (Å²) in [4.78, 5) is 17.4. The molecule has 0 aliphatic carbocycles. The number of aliphatic hydroxyl groups is 1. The summed E-state index contributed by atoms with van der Waals surface area (Å²) in [5, 5.41) is 11.3. The monoisotopic (exact) mass is 252 g/mol. The third-order valence-corrected chi connectivity index (χ3v) is 4.48. The predicted molar refractivity (Wildman–Crippen MR) is 65.9 cm³/mol. The molecule has 0 bridgehead atoms. The summed E-state index contributed by atoms with van der Waals surface area (Å²) in [5.41, 5.74) is 1.30. The second kappa shape index (κ2) is 4.40. The van der Waals surface area contributed by atoms with Gasteiger partial charge in [-0.3, -0.25) is 9.69 Å². The van der Waals surface area contributed by atoms with Crippen molar-refractivity contribution in [1.82, 2.24) is 9.80 Å². The zero-order valence-corrected chi connectivity index (χ0v) is 10.4. The molecule has 3 rings (SSSR count). The molecule has 92 valence electrons. The van der Waals surface area contributed by atoms with Crippen molar-refractivity contribution < 1.29 is 9.90 Å². The Morgan fingerprint density at radius 2 is 2.35 bits per heavy atom. The summed E-state index contributed by atoms with van der Waals surface area (Å²) in [6, 6.07) is 2.12. The van der Waals surface area contributed by atoms with Crippen LogP contribution in [0.3, 0.4) is 0 Å². The molecule has 4 nitrogen and oxygen atoms in total. The van der Waals surface area contributed by atoms with Crippen LogP contribution in [0, 0.1) is 0 Å². The second-order valence-electron chi connectivity index (χ2n) is 4.78. The highest BCUT2D eigenvalue weighted by Gasteiger charge is 2.29. The fraction of sp³-hybridized carbons (Fsp3) is 0.583. The molecule has 2 aliphatic rings. The maximum absolute atomic E-state index is 12.0. The fourth-order valence-corrected chi connectivity index (χ4v) is 3.31. The van der Waals surface area contributed by atoms with Crippen LogP contribution in [0.5, 0.6) is 0 Å². The number of amides is 1. The van der Waals surface area contributed by atoms with Gasteiger partial charge in [-0.15, -0.1) is 11.3 Å². The highest BCUT2D eigenvalue weighted by molar-refractivity contribution is 7.10. The lowest BCUT2D eigenvalue weighted by Gasteiger charge is -2.37. The Morgan fingerprint density at radius 3 is 3.12 bits per heavy atom. The van der Waals surface area contributed by atoms with Crippen molar-refractivity contribution >= 4 is 17.2 Å². The summed E-state index contributed by atoms with van der Waals surface area (Å²) in [5.74, 6) is 0.189. The molecule has 0 saturated carbocycles. The van der Waals surface area contributed by atoms with Crippen molar-refractivity contribution in [3.63, 3.8) is 0 Å². The number of likely N-dealkylation sites (tertiary alicyclic amines) is 1. The molecule has 1 amide bonds. The van der Waals surface area contributed by atoms with Crippen molar-refractivity contribution in [2.75, 3.05) is 26.2 Å². The van der Waals surface area contributed by atoms with Crippen molar-refractivity contribution in [3.8, 4) is 0 Å². The van der Waals surface area contributed by atoms with Crippen LogP contribution < -0.4 is 0 Å². The summed E-state index contributed by atoms with van der Waals surface area (Å²) in [7, 11) is 0. The number of fused-ring (bicyclic) bond motifs is 1.